The number of ether oxygens (including phenoxy) is 1. The zero-order valence-electron chi connectivity index (χ0n) is 14.9. The van der Waals surface area contributed by atoms with Crippen LogP contribution in [0.5, 0.6) is 0 Å². The third-order valence-corrected chi connectivity index (χ3v) is 4.97. The molecule has 0 bridgehead atoms. The molecule has 0 saturated heterocycles. The molecule has 0 spiro atoms. The van der Waals surface area contributed by atoms with Crippen LogP contribution in [0.2, 0.25) is 0 Å². The lowest BCUT2D eigenvalue weighted by Gasteiger charge is -2.39. The fourth-order valence-corrected chi connectivity index (χ4v) is 2.88. The Morgan fingerprint density at radius 2 is 1.74 bits per heavy atom. The molecule has 1 rings (SSSR count). The van der Waals surface area contributed by atoms with Gasteiger partial charge < -0.3 is 4.74 Å². The largest absolute Gasteiger partial charge is 0.445 e. The second-order valence-corrected chi connectivity index (χ2v) is 6.85. The summed E-state index contributed by atoms with van der Waals surface area (Å²) in [6.07, 6.45) is 12.2. The minimum Gasteiger partial charge on any atom is -0.445 e. The number of rotatable bonds is 5. The molecule has 0 aromatic rings. The Labute approximate surface area is 141 Å². The molecule has 1 atom stereocenters. The van der Waals surface area contributed by atoms with Crippen LogP contribution in [-0.2, 0) is 9.53 Å². The Bertz CT molecular complexity index is 565. The molecule has 1 saturated carbocycles. The van der Waals surface area contributed by atoms with Gasteiger partial charge >= 0.3 is 5.97 Å². The number of hydrogen-bond acceptors (Lipinski definition) is 2. The molecular weight excluding hydrogens is 284 g/mol. The van der Waals surface area contributed by atoms with E-state index in [-0.39, 0.29) is 11.9 Å². The van der Waals surface area contributed by atoms with Crippen LogP contribution in [0.3, 0.4) is 0 Å². The van der Waals surface area contributed by atoms with Crippen LogP contribution in [0.15, 0.2) is 0 Å². The fourth-order valence-electron chi connectivity index (χ4n) is 2.88. The maximum absolute atomic E-state index is 12.6. The molecule has 1 fully saturated rings. The quantitative estimate of drug-likeness (QED) is 0.558. The second kappa shape index (κ2) is 8.70. The third kappa shape index (κ3) is 5.08. The van der Waals surface area contributed by atoms with Gasteiger partial charge in [-0.1, -0.05) is 33.1 Å². The summed E-state index contributed by atoms with van der Waals surface area (Å²) in [5.41, 5.74) is -1.24. The van der Waals surface area contributed by atoms with Crippen LogP contribution in [0.1, 0.15) is 72.6 Å². The zero-order chi connectivity index (χ0) is 17.3. The predicted octanol–water partition coefficient (Wildman–Crippen LogP) is 4.33. The average molecular weight is 312 g/mol. The average Bonchev–Trinajstić information content (AvgIpc) is 2.58. The van der Waals surface area contributed by atoms with Crippen molar-refractivity contribution in [3.05, 3.63) is 0 Å². The van der Waals surface area contributed by atoms with E-state index < -0.39 is 11.0 Å². The van der Waals surface area contributed by atoms with Crippen LogP contribution in [0, 0.1) is 47.4 Å². The van der Waals surface area contributed by atoms with Crippen molar-refractivity contribution in [2.24, 2.45) is 11.3 Å². The van der Waals surface area contributed by atoms with E-state index in [1.165, 1.54) is 19.3 Å². The highest BCUT2D eigenvalue weighted by Crippen LogP contribution is 2.39. The van der Waals surface area contributed by atoms with Crippen LogP contribution < -0.4 is 0 Å². The zero-order valence-corrected chi connectivity index (χ0v) is 14.9. The first-order valence-electron chi connectivity index (χ1n) is 8.63. The number of carbonyl (C=O) groups excluding carboxylic acids is 1. The summed E-state index contributed by atoms with van der Waals surface area (Å²) in [5.74, 6) is 13.5. The molecule has 0 aliphatic heterocycles. The van der Waals surface area contributed by atoms with Crippen molar-refractivity contribution in [3.63, 3.8) is 0 Å². The molecule has 0 heterocycles. The molecule has 0 N–H and O–H groups in total. The lowest BCUT2D eigenvalue weighted by molar-refractivity contribution is -0.171. The normalized spacial score (nSPS) is 17.5. The summed E-state index contributed by atoms with van der Waals surface area (Å²) < 4.78 is 6.03. The molecule has 1 unspecified atom stereocenters. The summed E-state index contributed by atoms with van der Waals surface area (Å²) in [5, 5.41) is 0. The molecule has 0 aromatic heterocycles. The first-order chi connectivity index (χ1) is 10.9. The van der Waals surface area contributed by atoms with Gasteiger partial charge in [-0.3, -0.25) is 4.79 Å². The van der Waals surface area contributed by atoms with E-state index in [1.807, 2.05) is 27.7 Å². The minimum atomic E-state index is -0.743. The summed E-state index contributed by atoms with van der Waals surface area (Å²) in [6.45, 7) is 7.87. The Balaban J connectivity index is 3.14. The van der Waals surface area contributed by atoms with E-state index in [4.69, 9.17) is 11.2 Å². The Hall–Kier alpha value is -1.85. The van der Waals surface area contributed by atoms with Crippen molar-refractivity contribution < 1.29 is 9.53 Å². The Morgan fingerprint density at radius 1 is 1.09 bits per heavy atom. The molecule has 1 aliphatic carbocycles. The van der Waals surface area contributed by atoms with Crippen LogP contribution in [-0.4, -0.2) is 11.6 Å². The van der Waals surface area contributed by atoms with Gasteiger partial charge in [-0.25, -0.2) is 0 Å². The molecule has 2 heteroatoms. The van der Waals surface area contributed by atoms with Gasteiger partial charge in [-0.15, -0.1) is 6.42 Å². The second-order valence-electron chi connectivity index (χ2n) is 6.85. The predicted molar refractivity (Wildman–Crippen MR) is 94.1 cm³/mol. The number of esters is 1. The van der Waals surface area contributed by atoms with Crippen LogP contribution >= 0.6 is 0 Å². The topological polar surface area (TPSA) is 26.3 Å². The lowest BCUT2D eigenvalue weighted by Crippen LogP contribution is -2.45. The number of terminal acetylenes is 1. The Morgan fingerprint density at radius 3 is 2.26 bits per heavy atom. The van der Waals surface area contributed by atoms with E-state index in [0.29, 0.717) is 6.42 Å². The van der Waals surface area contributed by atoms with Crippen molar-refractivity contribution in [1.82, 2.24) is 0 Å². The highest BCUT2D eigenvalue weighted by atomic mass is 16.6. The summed E-state index contributed by atoms with van der Waals surface area (Å²) in [7, 11) is 0. The molecule has 23 heavy (non-hydrogen) atoms. The summed E-state index contributed by atoms with van der Waals surface area (Å²) in [4.78, 5) is 12.6. The van der Waals surface area contributed by atoms with Crippen molar-refractivity contribution in [2.75, 3.05) is 0 Å². The fraction of sp³-hybridized carbons (Fsp3) is 0.667. The summed E-state index contributed by atoms with van der Waals surface area (Å²) in [6, 6.07) is 0. The first kappa shape index (κ1) is 19.2. The molecule has 1 aliphatic rings. The molecule has 0 amide bonds. The summed E-state index contributed by atoms with van der Waals surface area (Å²) >= 11 is 0. The van der Waals surface area contributed by atoms with Gasteiger partial charge in [0.05, 0.1) is 5.41 Å². The number of carbonyl (C=O) groups is 1. The Kier molecular flexibility index (Phi) is 7.26. The highest BCUT2D eigenvalue weighted by molar-refractivity contribution is 5.76. The smallest absolute Gasteiger partial charge is 0.313 e. The monoisotopic (exact) mass is 312 g/mol. The van der Waals surface area contributed by atoms with E-state index in [9.17, 15) is 4.79 Å². The standard InChI is InChI=1S/C21H28O2/c1-6-9-10-14-17-21(8-3,18-15-12-11-13-16-18)23-19(22)20(4,5)7-2/h1,18H,7-8,11-13,15-16H2,2-5H3. The van der Waals surface area contributed by atoms with E-state index >= 15 is 0 Å². The van der Waals surface area contributed by atoms with Crippen molar-refractivity contribution in [2.45, 2.75) is 78.2 Å². The highest BCUT2D eigenvalue weighted by Gasteiger charge is 2.42. The lowest BCUT2D eigenvalue weighted by atomic mass is 9.75. The van der Waals surface area contributed by atoms with E-state index in [1.54, 1.807) is 0 Å². The van der Waals surface area contributed by atoms with Gasteiger partial charge in [0.15, 0.2) is 5.60 Å². The van der Waals surface area contributed by atoms with E-state index in [2.05, 4.69) is 29.6 Å². The maximum Gasteiger partial charge on any atom is 0.313 e. The van der Waals surface area contributed by atoms with Gasteiger partial charge in [0.2, 0.25) is 0 Å². The van der Waals surface area contributed by atoms with Crippen molar-refractivity contribution in [1.29, 1.82) is 0 Å². The third-order valence-electron chi connectivity index (χ3n) is 4.97. The van der Waals surface area contributed by atoms with Gasteiger partial charge in [0.1, 0.15) is 0 Å². The van der Waals surface area contributed by atoms with Crippen molar-refractivity contribution >= 4 is 5.97 Å². The van der Waals surface area contributed by atoms with Crippen molar-refractivity contribution in [3.8, 4) is 36.0 Å². The van der Waals surface area contributed by atoms with Gasteiger partial charge in [-0.05, 0) is 69.1 Å². The molecule has 0 aromatic carbocycles. The van der Waals surface area contributed by atoms with Crippen LogP contribution in [0.25, 0.3) is 0 Å². The molecule has 2 nitrogen and oxygen atoms in total. The maximum atomic E-state index is 12.6. The molecule has 124 valence electrons. The SMILES string of the molecule is C#CC#CC#CC(CC)(OC(=O)C(C)(C)CC)C1CCCCC1. The van der Waals surface area contributed by atoms with Gasteiger partial charge in [0.25, 0.3) is 0 Å². The van der Waals surface area contributed by atoms with E-state index in [0.717, 1.165) is 19.3 Å². The van der Waals surface area contributed by atoms with Gasteiger partial charge in [-0.2, -0.15) is 0 Å². The molecular formula is C21H28O2. The molecule has 0 radical (unpaired) electrons. The van der Waals surface area contributed by atoms with Gasteiger partial charge in [0, 0.05) is 5.92 Å². The minimum absolute atomic E-state index is 0.174. The number of hydrogen-bond donors (Lipinski definition) is 0. The first-order valence-corrected chi connectivity index (χ1v) is 8.63. The van der Waals surface area contributed by atoms with Crippen LogP contribution in [0.4, 0.5) is 0 Å².